The lowest BCUT2D eigenvalue weighted by molar-refractivity contribution is -0.127. The van der Waals surface area contributed by atoms with Gasteiger partial charge in [0.15, 0.2) is 0 Å². The van der Waals surface area contributed by atoms with Crippen LogP contribution in [0.3, 0.4) is 0 Å². The van der Waals surface area contributed by atoms with Gasteiger partial charge in [-0.05, 0) is 54.3 Å². The molecule has 1 aliphatic carbocycles. The number of carbonyl (C=O) groups is 2. The third-order valence-electron chi connectivity index (χ3n) is 6.05. The van der Waals surface area contributed by atoms with E-state index in [1.165, 1.54) is 0 Å². The molecule has 0 spiro atoms. The molecule has 1 heterocycles. The number of carbonyl (C=O) groups excluding carboxylic acids is 2. The SMILES string of the molecule is COc1ccc(C(C#N)N2CCN(C(=O)/C=C/c3ccc(C(=O)NC4CC4)cc3)CC2)cc1. The lowest BCUT2D eigenvalue weighted by Crippen LogP contribution is -2.49. The van der Waals surface area contributed by atoms with Gasteiger partial charge in [0.2, 0.25) is 5.91 Å². The van der Waals surface area contributed by atoms with E-state index in [4.69, 9.17) is 4.74 Å². The van der Waals surface area contributed by atoms with Crippen molar-refractivity contribution in [3.8, 4) is 11.8 Å². The monoisotopic (exact) mass is 444 g/mol. The molecule has 0 bridgehead atoms. The number of piperazine rings is 1. The summed E-state index contributed by atoms with van der Waals surface area (Å²) in [5.41, 5.74) is 2.42. The number of amides is 2. The van der Waals surface area contributed by atoms with Crippen LogP contribution in [0.5, 0.6) is 5.75 Å². The van der Waals surface area contributed by atoms with E-state index in [1.54, 1.807) is 36.3 Å². The van der Waals surface area contributed by atoms with E-state index < -0.39 is 0 Å². The second-order valence-corrected chi connectivity index (χ2v) is 8.37. The predicted octanol–water partition coefficient (Wildman–Crippen LogP) is 3.01. The van der Waals surface area contributed by atoms with Crippen LogP contribution >= 0.6 is 0 Å². The number of methoxy groups -OCH3 is 1. The van der Waals surface area contributed by atoms with Crippen LogP contribution in [0.4, 0.5) is 0 Å². The minimum atomic E-state index is -0.348. The van der Waals surface area contributed by atoms with Crippen molar-refractivity contribution in [2.45, 2.75) is 24.9 Å². The van der Waals surface area contributed by atoms with Crippen molar-refractivity contribution >= 4 is 17.9 Å². The molecule has 2 fully saturated rings. The van der Waals surface area contributed by atoms with Gasteiger partial charge in [-0.15, -0.1) is 0 Å². The number of hydrogen-bond acceptors (Lipinski definition) is 5. The quantitative estimate of drug-likeness (QED) is 0.664. The Bertz CT molecular complexity index is 1040. The van der Waals surface area contributed by atoms with Gasteiger partial charge in [0.05, 0.1) is 13.2 Å². The Hall–Kier alpha value is -3.63. The first-order chi connectivity index (χ1) is 16.1. The Morgan fingerprint density at radius 1 is 1.06 bits per heavy atom. The van der Waals surface area contributed by atoms with Gasteiger partial charge in [-0.2, -0.15) is 5.26 Å². The molecule has 1 unspecified atom stereocenters. The van der Waals surface area contributed by atoms with Crippen molar-refractivity contribution < 1.29 is 14.3 Å². The molecule has 7 nitrogen and oxygen atoms in total. The van der Waals surface area contributed by atoms with Gasteiger partial charge in [0, 0.05) is 43.9 Å². The molecule has 7 heteroatoms. The summed E-state index contributed by atoms with van der Waals surface area (Å²) in [4.78, 5) is 28.6. The normalized spacial score (nSPS) is 17.4. The molecule has 0 aromatic heterocycles. The molecular formula is C26H28N4O3. The number of benzene rings is 2. The molecule has 1 atom stereocenters. The minimum Gasteiger partial charge on any atom is -0.497 e. The van der Waals surface area contributed by atoms with Gasteiger partial charge in [-0.25, -0.2) is 0 Å². The van der Waals surface area contributed by atoms with Gasteiger partial charge in [0.1, 0.15) is 11.8 Å². The maximum Gasteiger partial charge on any atom is 0.251 e. The summed E-state index contributed by atoms with van der Waals surface area (Å²) in [6.45, 7) is 2.40. The maximum atomic E-state index is 12.6. The fraction of sp³-hybridized carbons (Fsp3) is 0.346. The summed E-state index contributed by atoms with van der Waals surface area (Å²) in [5, 5.41) is 12.7. The average Bonchev–Trinajstić information content (AvgIpc) is 3.68. The highest BCUT2D eigenvalue weighted by Gasteiger charge is 2.26. The first-order valence-electron chi connectivity index (χ1n) is 11.2. The zero-order valence-corrected chi connectivity index (χ0v) is 18.7. The molecule has 1 saturated heterocycles. The predicted molar refractivity (Wildman–Crippen MR) is 125 cm³/mol. The highest BCUT2D eigenvalue weighted by atomic mass is 16.5. The number of rotatable bonds is 7. The maximum absolute atomic E-state index is 12.6. The van der Waals surface area contributed by atoms with E-state index in [0.717, 1.165) is 29.7 Å². The summed E-state index contributed by atoms with van der Waals surface area (Å²) in [6.07, 6.45) is 5.45. The Morgan fingerprint density at radius 3 is 2.30 bits per heavy atom. The van der Waals surface area contributed by atoms with Gasteiger partial charge in [-0.3, -0.25) is 14.5 Å². The van der Waals surface area contributed by atoms with Crippen molar-refractivity contribution in [1.82, 2.24) is 15.1 Å². The number of ether oxygens (including phenoxy) is 1. The van der Waals surface area contributed by atoms with E-state index in [9.17, 15) is 14.9 Å². The first kappa shape index (κ1) is 22.6. The van der Waals surface area contributed by atoms with E-state index in [1.807, 2.05) is 36.4 Å². The first-order valence-corrected chi connectivity index (χ1v) is 11.2. The molecule has 2 aliphatic rings. The standard InChI is InChI=1S/C26H28N4O3/c1-33-23-11-7-20(8-12-23)24(18-27)29-14-16-30(17-15-29)25(31)13-4-19-2-5-21(6-3-19)26(32)28-22-9-10-22/h2-8,11-13,22,24H,9-10,14-17H2,1H3,(H,28,32)/b13-4+. The van der Waals surface area contributed by atoms with Gasteiger partial charge < -0.3 is 15.0 Å². The van der Waals surface area contributed by atoms with Crippen LogP contribution in [0.1, 0.15) is 40.4 Å². The zero-order chi connectivity index (χ0) is 23.2. The molecule has 2 aromatic carbocycles. The highest BCUT2D eigenvalue weighted by molar-refractivity contribution is 5.95. The number of nitrogens with zero attached hydrogens (tertiary/aromatic N) is 3. The third kappa shape index (κ3) is 5.79. The summed E-state index contributed by atoms with van der Waals surface area (Å²) < 4.78 is 5.19. The van der Waals surface area contributed by atoms with Crippen LogP contribution in [0.15, 0.2) is 54.6 Å². The van der Waals surface area contributed by atoms with E-state index in [-0.39, 0.29) is 17.9 Å². The molecule has 0 radical (unpaired) electrons. The second kappa shape index (κ2) is 10.3. The van der Waals surface area contributed by atoms with E-state index in [2.05, 4.69) is 16.3 Å². The van der Waals surface area contributed by atoms with Crippen molar-refractivity contribution in [1.29, 1.82) is 5.26 Å². The zero-order valence-electron chi connectivity index (χ0n) is 18.7. The van der Waals surface area contributed by atoms with Crippen LogP contribution in [-0.4, -0.2) is 60.9 Å². The average molecular weight is 445 g/mol. The van der Waals surface area contributed by atoms with Crippen LogP contribution in [0.2, 0.25) is 0 Å². The number of hydrogen-bond donors (Lipinski definition) is 1. The number of nitriles is 1. The Kier molecular flexibility index (Phi) is 7.06. The van der Waals surface area contributed by atoms with Gasteiger partial charge in [-0.1, -0.05) is 24.3 Å². The lowest BCUT2D eigenvalue weighted by Gasteiger charge is -2.36. The van der Waals surface area contributed by atoms with Gasteiger partial charge >= 0.3 is 0 Å². The number of nitrogens with one attached hydrogen (secondary N) is 1. The summed E-state index contributed by atoms with van der Waals surface area (Å²) in [5.74, 6) is 0.657. The Labute approximate surface area is 194 Å². The van der Waals surface area contributed by atoms with E-state index >= 15 is 0 Å². The lowest BCUT2D eigenvalue weighted by atomic mass is 10.1. The van der Waals surface area contributed by atoms with Crippen LogP contribution in [0, 0.1) is 11.3 Å². The van der Waals surface area contributed by atoms with Crippen molar-refractivity contribution in [3.63, 3.8) is 0 Å². The van der Waals surface area contributed by atoms with Crippen molar-refractivity contribution in [2.24, 2.45) is 0 Å². The molecule has 2 amide bonds. The van der Waals surface area contributed by atoms with Crippen LogP contribution < -0.4 is 10.1 Å². The van der Waals surface area contributed by atoms with Gasteiger partial charge in [0.25, 0.3) is 5.91 Å². The Morgan fingerprint density at radius 2 is 1.73 bits per heavy atom. The molecule has 4 rings (SSSR count). The molecule has 170 valence electrons. The largest absolute Gasteiger partial charge is 0.497 e. The molecule has 1 saturated carbocycles. The molecule has 1 N–H and O–H groups in total. The molecule has 1 aliphatic heterocycles. The third-order valence-corrected chi connectivity index (χ3v) is 6.05. The highest BCUT2D eigenvalue weighted by Crippen LogP contribution is 2.24. The van der Waals surface area contributed by atoms with Crippen LogP contribution in [0.25, 0.3) is 6.08 Å². The topological polar surface area (TPSA) is 85.7 Å². The molecule has 33 heavy (non-hydrogen) atoms. The van der Waals surface area contributed by atoms with E-state index in [0.29, 0.717) is 37.8 Å². The smallest absolute Gasteiger partial charge is 0.251 e. The summed E-state index contributed by atoms with van der Waals surface area (Å²) in [6, 6.07) is 17.1. The fourth-order valence-corrected chi connectivity index (χ4v) is 3.87. The van der Waals surface area contributed by atoms with Crippen molar-refractivity contribution in [3.05, 3.63) is 71.3 Å². The molecular weight excluding hydrogens is 416 g/mol. The second-order valence-electron chi connectivity index (χ2n) is 8.37. The Balaban J connectivity index is 1.29. The van der Waals surface area contributed by atoms with Crippen molar-refractivity contribution in [2.75, 3.05) is 33.3 Å². The molecule has 2 aromatic rings. The summed E-state index contributed by atoms with van der Waals surface area (Å²) in [7, 11) is 1.62. The van der Waals surface area contributed by atoms with Crippen LogP contribution in [-0.2, 0) is 4.79 Å². The minimum absolute atomic E-state index is 0.0488. The fourth-order valence-electron chi connectivity index (χ4n) is 3.87. The summed E-state index contributed by atoms with van der Waals surface area (Å²) >= 11 is 0.